The van der Waals surface area contributed by atoms with E-state index < -0.39 is 0 Å². The van der Waals surface area contributed by atoms with E-state index in [0.29, 0.717) is 28.7 Å². The molecule has 0 fully saturated rings. The van der Waals surface area contributed by atoms with Gasteiger partial charge in [0.2, 0.25) is 5.91 Å². The second-order valence-electron chi connectivity index (χ2n) is 4.97. The Morgan fingerprint density at radius 2 is 1.96 bits per heavy atom. The first-order chi connectivity index (χ1) is 11.5. The number of halogens is 1. The van der Waals surface area contributed by atoms with E-state index in [1.807, 2.05) is 0 Å². The minimum atomic E-state index is -0.361. The summed E-state index contributed by atoms with van der Waals surface area (Å²) in [5.74, 6) is -0.981. The fraction of sp³-hybridized carbons (Fsp3) is 0.312. The molecule has 2 aromatic rings. The van der Waals surface area contributed by atoms with Gasteiger partial charge in [0, 0.05) is 19.2 Å². The molecule has 0 aliphatic carbocycles. The SMILES string of the molecule is COCCNC(=O)CNC(=O)c1sc(-c2ccc(F)cc2)nc1C. The fourth-order valence-electron chi connectivity index (χ4n) is 1.92. The van der Waals surface area contributed by atoms with Gasteiger partial charge in [-0.2, -0.15) is 0 Å². The summed E-state index contributed by atoms with van der Waals surface area (Å²) in [6.45, 7) is 2.40. The van der Waals surface area contributed by atoms with E-state index in [1.165, 1.54) is 23.5 Å². The van der Waals surface area contributed by atoms with E-state index >= 15 is 0 Å². The third-order valence-corrected chi connectivity index (χ3v) is 4.34. The minimum Gasteiger partial charge on any atom is -0.383 e. The standard InChI is InChI=1S/C16H18FN3O3S/c1-10-14(15(22)19-9-13(21)18-7-8-23-2)24-16(20-10)11-3-5-12(17)6-4-11/h3-6H,7-9H2,1-2H3,(H,18,21)(H,19,22). The van der Waals surface area contributed by atoms with Gasteiger partial charge in [-0.1, -0.05) is 0 Å². The quantitative estimate of drug-likeness (QED) is 0.745. The van der Waals surface area contributed by atoms with Crippen molar-refractivity contribution in [2.75, 3.05) is 26.8 Å². The minimum absolute atomic E-state index is 0.119. The molecule has 1 aromatic heterocycles. The lowest BCUT2D eigenvalue weighted by molar-refractivity contribution is -0.120. The number of amides is 2. The first-order valence-corrected chi connectivity index (χ1v) is 8.10. The molecule has 0 spiro atoms. The van der Waals surface area contributed by atoms with Gasteiger partial charge in [0.05, 0.1) is 18.8 Å². The van der Waals surface area contributed by atoms with Crippen LogP contribution in [0.5, 0.6) is 0 Å². The first kappa shape index (κ1) is 18.0. The molecule has 0 aliphatic heterocycles. The molecule has 0 saturated heterocycles. The van der Waals surface area contributed by atoms with Crippen molar-refractivity contribution < 1.29 is 18.7 Å². The van der Waals surface area contributed by atoms with Crippen LogP contribution in [0.25, 0.3) is 10.6 Å². The third kappa shape index (κ3) is 4.84. The van der Waals surface area contributed by atoms with Crippen molar-refractivity contribution in [3.63, 3.8) is 0 Å². The molecule has 1 aromatic carbocycles. The Hall–Kier alpha value is -2.32. The Morgan fingerprint density at radius 1 is 1.25 bits per heavy atom. The number of hydrogen-bond donors (Lipinski definition) is 2. The molecule has 2 amide bonds. The van der Waals surface area contributed by atoms with Crippen LogP contribution < -0.4 is 10.6 Å². The van der Waals surface area contributed by atoms with E-state index in [0.717, 1.165) is 5.56 Å². The van der Waals surface area contributed by atoms with Crippen LogP contribution in [-0.2, 0) is 9.53 Å². The molecule has 24 heavy (non-hydrogen) atoms. The molecule has 2 rings (SSSR count). The summed E-state index contributed by atoms with van der Waals surface area (Å²) < 4.78 is 17.8. The molecular formula is C16H18FN3O3S. The Balaban J connectivity index is 1.97. The Bertz CT molecular complexity index is 716. The molecule has 0 atom stereocenters. The van der Waals surface area contributed by atoms with E-state index in [4.69, 9.17) is 4.74 Å². The molecule has 1 heterocycles. The highest BCUT2D eigenvalue weighted by atomic mass is 32.1. The number of thiazole rings is 1. The zero-order valence-electron chi connectivity index (χ0n) is 13.4. The van der Waals surface area contributed by atoms with Gasteiger partial charge in [-0.15, -0.1) is 11.3 Å². The Kier molecular flexibility index (Phi) is 6.39. The number of hydrogen-bond acceptors (Lipinski definition) is 5. The lowest BCUT2D eigenvalue weighted by Gasteiger charge is -2.05. The second kappa shape index (κ2) is 8.51. The van der Waals surface area contributed by atoms with Gasteiger partial charge in [-0.3, -0.25) is 9.59 Å². The summed E-state index contributed by atoms with van der Waals surface area (Å²) >= 11 is 1.20. The number of ether oxygens (including phenoxy) is 1. The summed E-state index contributed by atoms with van der Waals surface area (Å²) in [5, 5.41) is 5.80. The second-order valence-corrected chi connectivity index (χ2v) is 5.96. The molecule has 2 N–H and O–H groups in total. The van der Waals surface area contributed by atoms with E-state index in [-0.39, 0.29) is 24.2 Å². The summed E-state index contributed by atoms with van der Waals surface area (Å²) in [6, 6.07) is 5.91. The third-order valence-electron chi connectivity index (χ3n) is 3.13. The van der Waals surface area contributed by atoms with E-state index in [9.17, 15) is 14.0 Å². The van der Waals surface area contributed by atoms with E-state index in [2.05, 4.69) is 15.6 Å². The largest absolute Gasteiger partial charge is 0.383 e. The van der Waals surface area contributed by atoms with Crippen molar-refractivity contribution >= 4 is 23.2 Å². The normalized spacial score (nSPS) is 10.5. The van der Waals surface area contributed by atoms with Gasteiger partial charge in [-0.05, 0) is 31.2 Å². The summed E-state index contributed by atoms with van der Waals surface area (Å²) in [6.07, 6.45) is 0. The number of nitrogens with zero attached hydrogens (tertiary/aromatic N) is 1. The summed E-state index contributed by atoms with van der Waals surface area (Å²) in [7, 11) is 1.54. The average Bonchev–Trinajstić information content (AvgIpc) is 2.95. The first-order valence-electron chi connectivity index (χ1n) is 7.28. The van der Waals surface area contributed by atoms with Crippen LogP contribution in [0, 0.1) is 12.7 Å². The van der Waals surface area contributed by atoms with Gasteiger partial charge in [-0.25, -0.2) is 9.37 Å². The molecule has 0 saturated carbocycles. The van der Waals surface area contributed by atoms with Gasteiger partial charge < -0.3 is 15.4 Å². The van der Waals surface area contributed by atoms with Crippen molar-refractivity contribution in [2.45, 2.75) is 6.92 Å². The zero-order chi connectivity index (χ0) is 17.5. The van der Waals surface area contributed by atoms with Crippen molar-refractivity contribution in [1.29, 1.82) is 0 Å². The van der Waals surface area contributed by atoms with Crippen molar-refractivity contribution in [1.82, 2.24) is 15.6 Å². The maximum absolute atomic E-state index is 13.0. The number of rotatable bonds is 7. The van der Waals surface area contributed by atoms with Crippen LogP contribution in [0.2, 0.25) is 0 Å². The van der Waals surface area contributed by atoms with Crippen LogP contribution >= 0.6 is 11.3 Å². The molecule has 0 radical (unpaired) electrons. The number of methoxy groups -OCH3 is 1. The monoisotopic (exact) mass is 351 g/mol. The van der Waals surface area contributed by atoms with Crippen LogP contribution in [0.1, 0.15) is 15.4 Å². The summed E-state index contributed by atoms with van der Waals surface area (Å²) in [5.41, 5.74) is 1.30. The van der Waals surface area contributed by atoms with Gasteiger partial charge in [0.15, 0.2) is 0 Å². The zero-order valence-corrected chi connectivity index (χ0v) is 14.2. The maximum atomic E-state index is 13.0. The lowest BCUT2D eigenvalue weighted by Crippen LogP contribution is -2.38. The number of aryl methyl sites for hydroxylation is 1. The lowest BCUT2D eigenvalue weighted by atomic mass is 10.2. The Labute approximate surface area is 143 Å². The molecule has 128 valence electrons. The van der Waals surface area contributed by atoms with Crippen molar-refractivity contribution in [2.24, 2.45) is 0 Å². The fourth-order valence-corrected chi connectivity index (χ4v) is 2.91. The molecule has 0 bridgehead atoms. The van der Waals surface area contributed by atoms with Crippen LogP contribution in [-0.4, -0.2) is 43.6 Å². The topological polar surface area (TPSA) is 80.3 Å². The maximum Gasteiger partial charge on any atom is 0.263 e. The van der Waals surface area contributed by atoms with Gasteiger partial charge >= 0.3 is 0 Å². The van der Waals surface area contributed by atoms with Crippen molar-refractivity contribution in [3.05, 3.63) is 40.7 Å². The molecule has 8 heteroatoms. The predicted molar refractivity (Wildman–Crippen MR) is 89.5 cm³/mol. The average molecular weight is 351 g/mol. The van der Waals surface area contributed by atoms with Crippen LogP contribution in [0.4, 0.5) is 4.39 Å². The van der Waals surface area contributed by atoms with Crippen molar-refractivity contribution in [3.8, 4) is 10.6 Å². The number of carbonyl (C=O) groups excluding carboxylic acids is 2. The predicted octanol–water partition coefficient (Wildman–Crippen LogP) is 1.75. The number of aromatic nitrogens is 1. The van der Waals surface area contributed by atoms with Crippen LogP contribution in [0.3, 0.4) is 0 Å². The highest BCUT2D eigenvalue weighted by Crippen LogP contribution is 2.27. The van der Waals surface area contributed by atoms with E-state index in [1.54, 1.807) is 26.2 Å². The highest BCUT2D eigenvalue weighted by molar-refractivity contribution is 7.17. The number of carbonyl (C=O) groups is 2. The molecular weight excluding hydrogens is 333 g/mol. The highest BCUT2D eigenvalue weighted by Gasteiger charge is 2.16. The molecule has 6 nitrogen and oxygen atoms in total. The van der Waals surface area contributed by atoms with Gasteiger partial charge in [0.25, 0.3) is 5.91 Å². The number of benzene rings is 1. The molecule has 0 unspecified atom stereocenters. The number of nitrogens with one attached hydrogen (secondary N) is 2. The molecule has 0 aliphatic rings. The summed E-state index contributed by atoms with van der Waals surface area (Å²) in [4.78, 5) is 28.5. The van der Waals surface area contributed by atoms with Gasteiger partial charge in [0.1, 0.15) is 15.7 Å². The Morgan fingerprint density at radius 3 is 2.62 bits per heavy atom. The van der Waals surface area contributed by atoms with Crippen LogP contribution in [0.15, 0.2) is 24.3 Å². The smallest absolute Gasteiger partial charge is 0.263 e.